The summed E-state index contributed by atoms with van der Waals surface area (Å²) in [4.78, 5) is 20.3. The van der Waals surface area contributed by atoms with Crippen molar-refractivity contribution in [3.8, 4) is 6.07 Å². The Balaban J connectivity index is 2.37. The summed E-state index contributed by atoms with van der Waals surface area (Å²) in [6, 6.07) is 6.71. The molecule has 1 heterocycles. The molecule has 0 saturated heterocycles. The van der Waals surface area contributed by atoms with Crippen LogP contribution in [-0.4, -0.2) is 22.1 Å². The van der Waals surface area contributed by atoms with Gasteiger partial charge in [0.05, 0.1) is 27.5 Å². The second kappa shape index (κ2) is 6.76. The number of benzene rings is 1. The summed E-state index contributed by atoms with van der Waals surface area (Å²) in [5.74, 6) is -0.553. The van der Waals surface area contributed by atoms with Crippen molar-refractivity contribution in [3.63, 3.8) is 0 Å². The highest BCUT2D eigenvalue weighted by molar-refractivity contribution is 7.98. The molecule has 1 N–H and O–H groups in total. The molecule has 2 rings (SSSR count). The Morgan fingerprint density at radius 3 is 2.81 bits per heavy atom. The van der Waals surface area contributed by atoms with Gasteiger partial charge >= 0.3 is 0 Å². The summed E-state index contributed by atoms with van der Waals surface area (Å²) in [7, 11) is 0. The lowest BCUT2D eigenvalue weighted by Gasteiger charge is -2.09. The number of hydrogen-bond acceptors (Lipinski definition) is 5. The van der Waals surface area contributed by atoms with E-state index >= 15 is 0 Å². The zero-order chi connectivity index (χ0) is 15.4. The number of anilines is 1. The van der Waals surface area contributed by atoms with Crippen molar-refractivity contribution >= 4 is 46.6 Å². The summed E-state index contributed by atoms with van der Waals surface area (Å²) < 4.78 is 0. The van der Waals surface area contributed by atoms with Crippen molar-refractivity contribution in [3.05, 3.63) is 45.7 Å². The number of nitrogens with one attached hydrogen (secondary N) is 1. The zero-order valence-electron chi connectivity index (χ0n) is 10.7. The van der Waals surface area contributed by atoms with Gasteiger partial charge in [0.15, 0.2) is 10.9 Å². The van der Waals surface area contributed by atoms with Gasteiger partial charge in [-0.2, -0.15) is 5.26 Å². The predicted octanol–water partition coefficient (Wildman–Crippen LogP) is 3.63. The molecule has 1 aromatic carbocycles. The number of rotatable bonds is 3. The molecule has 2 aromatic rings. The molecular weight excluding hydrogens is 331 g/mol. The second-order valence-electron chi connectivity index (χ2n) is 3.78. The van der Waals surface area contributed by atoms with E-state index in [-0.39, 0.29) is 27.0 Å². The van der Waals surface area contributed by atoms with Crippen LogP contribution >= 0.6 is 35.0 Å². The first-order valence-corrected chi connectivity index (χ1v) is 7.61. The normalized spacial score (nSPS) is 10.0. The van der Waals surface area contributed by atoms with Crippen LogP contribution in [-0.2, 0) is 0 Å². The monoisotopic (exact) mass is 338 g/mol. The van der Waals surface area contributed by atoms with Gasteiger partial charge in [-0.1, -0.05) is 41.0 Å². The van der Waals surface area contributed by atoms with Crippen molar-refractivity contribution in [2.24, 2.45) is 0 Å². The van der Waals surface area contributed by atoms with Gasteiger partial charge in [-0.05, 0) is 18.4 Å². The standard InChI is InChI=1S/C13H8Cl2N4OS/c1-21-13-17-6-9(15)11(19-13)12(20)18-10-7(5-16)3-2-4-8(10)14/h2-4,6H,1H3,(H,18,20). The van der Waals surface area contributed by atoms with E-state index in [0.29, 0.717) is 5.16 Å². The zero-order valence-corrected chi connectivity index (χ0v) is 13.1. The van der Waals surface area contributed by atoms with Crippen LogP contribution in [0.4, 0.5) is 5.69 Å². The highest BCUT2D eigenvalue weighted by Gasteiger charge is 2.17. The molecule has 0 unspecified atom stereocenters. The van der Waals surface area contributed by atoms with E-state index < -0.39 is 5.91 Å². The Kier molecular flexibility index (Phi) is 5.02. The smallest absolute Gasteiger partial charge is 0.276 e. The Hall–Kier alpha value is -1.81. The average molecular weight is 339 g/mol. The molecular formula is C13H8Cl2N4OS. The first-order valence-electron chi connectivity index (χ1n) is 5.63. The van der Waals surface area contributed by atoms with E-state index in [0.717, 1.165) is 0 Å². The van der Waals surface area contributed by atoms with Crippen molar-refractivity contribution in [2.45, 2.75) is 5.16 Å². The third-order valence-corrected chi connectivity index (χ3v) is 3.65. The fourth-order valence-electron chi connectivity index (χ4n) is 1.53. The molecule has 0 fully saturated rings. The van der Waals surface area contributed by atoms with Crippen LogP contribution in [0.2, 0.25) is 10.0 Å². The second-order valence-corrected chi connectivity index (χ2v) is 5.37. The lowest BCUT2D eigenvalue weighted by Crippen LogP contribution is -2.16. The fourth-order valence-corrected chi connectivity index (χ4v) is 2.26. The molecule has 5 nitrogen and oxygen atoms in total. The van der Waals surface area contributed by atoms with Crippen molar-refractivity contribution in [2.75, 3.05) is 11.6 Å². The largest absolute Gasteiger partial charge is 0.318 e. The summed E-state index contributed by atoms with van der Waals surface area (Å²) in [5.41, 5.74) is 0.512. The molecule has 0 aliphatic carbocycles. The molecule has 0 aliphatic heterocycles. The van der Waals surface area contributed by atoms with Gasteiger partial charge in [-0.15, -0.1) is 0 Å². The number of thioether (sulfide) groups is 1. The Labute approximate surface area is 135 Å². The lowest BCUT2D eigenvalue weighted by molar-refractivity contribution is 0.102. The molecule has 1 aromatic heterocycles. The summed E-state index contributed by atoms with van der Waals surface area (Å²) in [6.07, 6.45) is 3.14. The molecule has 0 atom stereocenters. The van der Waals surface area contributed by atoms with Gasteiger partial charge in [-0.3, -0.25) is 4.79 Å². The van der Waals surface area contributed by atoms with Crippen LogP contribution in [0.15, 0.2) is 29.6 Å². The first kappa shape index (κ1) is 15.6. The molecule has 0 radical (unpaired) electrons. The number of amides is 1. The van der Waals surface area contributed by atoms with E-state index in [1.54, 1.807) is 24.5 Å². The van der Waals surface area contributed by atoms with E-state index in [4.69, 9.17) is 28.5 Å². The molecule has 0 saturated carbocycles. The highest BCUT2D eigenvalue weighted by Crippen LogP contribution is 2.26. The van der Waals surface area contributed by atoms with Crippen LogP contribution in [0.1, 0.15) is 16.1 Å². The van der Waals surface area contributed by atoms with Gasteiger partial charge in [0.1, 0.15) is 6.07 Å². The average Bonchev–Trinajstić information content (AvgIpc) is 2.49. The van der Waals surface area contributed by atoms with E-state index in [1.807, 2.05) is 6.07 Å². The number of carbonyl (C=O) groups is 1. The number of halogens is 2. The van der Waals surface area contributed by atoms with Gasteiger partial charge < -0.3 is 5.32 Å². The van der Waals surface area contributed by atoms with Crippen LogP contribution in [0.3, 0.4) is 0 Å². The van der Waals surface area contributed by atoms with Crippen LogP contribution in [0.25, 0.3) is 0 Å². The Morgan fingerprint density at radius 1 is 1.38 bits per heavy atom. The number of nitrogens with zero attached hydrogens (tertiary/aromatic N) is 3. The molecule has 21 heavy (non-hydrogen) atoms. The van der Waals surface area contributed by atoms with Gasteiger partial charge in [0.25, 0.3) is 5.91 Å². The number of hydrogen-bond donors (Lipinski definition) is 1. The van der Waals surface area contributed by atoms with Crippen LogP contribution in [0.5, 0.6) is 0 Å². The maximum absolute atomic E-state index is 12.3. The van der Waals surface area contributed by atoms with Crippen molar-refractivity contribution in [1.29, 1.82) is 5.26 Å². The minimum atomic E-state index is -0.553. The van der Waals surface area contributed by atoms with Gasteiger partial charge in [-0.25, -0.2) is 9.97 Å². The van der Waals surface area contributed by atoms with Gasteiger partial charge in [0, 0.05) is 0 Å². The SMILES string of the molecule is CSc1ncc(Cl)c(C(=O)Nc2c(Cl)cccc2C#N)n1. The number of carbonyl (C=O) groups excluding carboxylic acids is 1. The quantitative estimate of drug-likeness (QED) is 0.682. The first-order chi connectivity index (χ1) is 10.1. The molecule has 0 bridgehead atoms. The van der Waals surface area contributed by atoms with Crippen molar-refractivity contribution < 1.29 is 4.79 Å². The summed E-state index contributed by atoms with van der Waals surface area (Å²) >= 11 is 13.2. The minimum absolute atomic E-state index is 0.0276. The van der Waals surface area contributed by atoms with E-state index in [2.05, 4.69) is 15.3 Å². The topological polar surface area (TPSA) is 78.7 Å². The Bertz CT molecular complexity index is 745. The number of aromatic nitrogens is 2. The fraction of sp³-hybridized carbons (Fsp3) is 0.0769. The predicted molar refractivity (Wildman–Crippen MR) is 82.9 cm³/mol. The summed E-state index contributed by atoms with van der Waals surface area (Å²) in [6.45, 7) is 0. The van der Waals surface area contributed by atoms with Crippen LogP contribution < -0.4 is 5.32 Å². The Morgan fingerprint density at radius 2 is 2.14 bits per heavy atom. The van der Waals surface area contributed by atoms with Crippen LogP contribution in [0, 0.1) is 11.3 Å². The highest BCUT2D eigenvalue weighted by atomic mass is 35.5. The van der Waals surface area contributed by atoms with E-state index in [9.17, 15) is 4.79 Å². The molecule has 0 spiro atoms. The lowest BCUT2D eigenvalue weighted by atomic mass is 10.2. The van der Waals surface area contributed by atoms with E-state index in [1.165, 1.54) is 18.0 Å². The third-order valence-electron chi connectivity index (χ3n) is 2.49. The van der Waals surface area contributed by atoms with Crippen molar-refractivity contribution in [1.82, 2.24) is 9.97 Å². The summed E-state index contributed by atoms with van der Waals surface area (Å²) in [5, 5.41) is 12.4. The number of nitriles is 1. The maximum Gasteiger partial charge on any atom is 0.276 e. The number of para-hydroxylation sites is 1. The molecule has 0 aliphatic rings. The maximum atomic E-state index is 12.3. The third kappa shape index (κ3) is 3.45. The molecule has 1 amide bonds. The molecule has 106 valence electrons. The van der Waals surface area contributed by atoms with Gasteiger partial charge in [0.2, 0.25) is 0 Å². The minimum Gasteiger partial charge on any atom is -0.318 e. The molecule has 8 heteroatoms.